The minimum absolute atomic E-state index is 0.0992. The first kappa shape index (κ1) is 24.0. The van der Waals surface area contributed by atoms with Crippen molar-refractivity contribution in [3.05, 3.63) is 72.8 Å². The third kappa shape index (κ3) is 6.04. The maximum absolute atomic E-state index is 12.2. The van der Waals surface area contributed by atoms with Gasteiger partial charge in [0.1, 0.15) is 11.6 Å². The number of ether oxygens (including phenoxy) is 1. The number of hydrogen-bond donors (Lipinski definition) is 1. The highest BCUT2D eigenvalue weighted by Crippen LogP contribution is 2.30. The summed E-state index contributed by atoms with van der Waals surface area (Å²) in [6.45, 7) is 9.56. The Kier molecular flexibility index (Phi) is 8.33. The summed E-state index contributed by atoms with van der Waals surface area (Å²) in [4.78, 5) is 17.1. The zero-order valence-corrected chi connectivity index (χ0v) is 20.5. The van der Waals surface area contributed by atoms with E-state index >= 15 is 0 Å². The topological polar surface area (TPSA) is 57.7 Å². The molecule has 34 heavy (non-hydrogen) atoms. The van der Waals surface area contributed by atoms with Crippen LogP contribution in [0.1, 0.15) is 12.0 Å². The van der Waals surface area contributed by atoms with Crippen LogP contribution in [0.3, 0.4) is 0 Å². The number of para-hydroxylation sites is 1. The van der Waals surface area contributed by atoms with Crippen molar-refractivity contribution >= 4 is 39.4 Å². The van der Waals surface area contributed by atoms with Crippen molar-refractivity contribution in [3.8, 4) is 5.75 Å². The quantitative estimate of drug-likeness (QED) is 0.346. The molecule has 0 spiro atoms. The molecule has 178 valence electrons. The van der Waals surface area contributed by atoms with Gasteiger partial charge in [-0.2, -0.15) is 4.37 Å². The highest BCUT2D eigenvalue weighted by molar-refractivity contribution is 7.13. The smallest absolute Gasteiger partial charge is 0.244 e. The lowest BCUT2D eigenvalue weighted by Gasteiger charge is -2.36. The van der Waals surface area contributed by atoms with E-state index in [0.29, 0.717) is 12.5 Å². The number of anilines is 1. The SMILES string of the molecule is C=C[C@@H](CCNC(=O)/C=C/c1ccccc1OC)CN1CCN(c2nsc3ccccc23)CC1. The maximum Gasteiger partial charge on any atom is 0.244 e. The average molecular weight is 477 g/mol. The fraction of sp³-hybridized carbons (Fsp3) is 0.333. The summed E-state index contributed by atoms with van der Waals surface area (Å²) in [5, 5.41) is 4.24. The van der Waals surface area contributed by atoms with Crippen molar-refractivity contribution in [3.63, 3.8) is 0 Å². The number of carbonyl (C=O) groups excluding carboxylic acids is 1. The van der Waals surface area contributed by atoms with Gasteiger partial charge in [-0.1, -0.05) is 36.4 Å². The van der Waals surface area contributed by atoms with Crippen molar-refractivity contribution in [2.24, 2.45) is 5.92 Å². The van der Waals surface area contributed by atoms with E-state index in [1.807, 2.05) is 30.3 Å². The summed E-state index contributed by atoms with van der Waals surface area (Å²) in [5.41, 5.74) is 0.883. The zero-order valence-electron chi connectivity index (χ0n) is 19.7. The van der Waals surface area contributed by atoms with Crippen LogP contribution in [0.2, 0.25) is 0 Å². The molecule has 1 aliphatic heterocycles. The summed E-state index contributed by atoms with van der Waals surface area (Å²) in [7, 11) is 1.63. The van der Waals surface area contributed by atoms with Crippen molar-refractivity contribution in [2.45, 2.75) is 6.42 Å². The predicted octanol–water partition coefficient (Wildman–Crippen LogP) is 4.45. The fourth-order valence-corrected chi connectivity index (χ4v) is 5.06. The van der Waals surface area contributed by atoms with E-state index in [9.17, 15) is 4.79 Å². The zero-order chi connectivity index (χ0) is 23.8. The highest BCUT2D eigenvalue weighted by Gasteiger charge is 2.22. The van der Waals surface area contributed by atoms with Gasteiger partial charge in [0, 0.05) is 56.3 Å². The van der Waals surface area contributed by atoms with E-state index in [4.69, 9.17) is 9.11 Å². The van der Waals surface area contributed by atoms with Crippen LogP contribution in [0.15, 0.2) is 67.3 Å². The van der Waals surface area contributed by atoms with E-state index in [-0.39, 0.29) is 5.91 Å². The van der Waals surface area contributed by atoms with Crippen molar-refractivity contribution < 1.29 is 9.53 Å². The molecule has 2 heterocycles. The Morgan fingerprint density at radius 1 is 1.18 bits per heavy atom. The number of hydrogen-bond acceptors (Lipinski definition) is 6. The lowest BCUT2D eigenvalue weighted by molar-refractivity contribution is -0.116. The Balaban J connectivity index is 1.20. The van der Waals surface area contributed by atoms with Gasteiger partial charge in [0.05, 0.1) is 11.8 Å². The molecule has 6 nitrogen and oxygen atoms in total. The number of fused-ring (bicyclic) bond motifs is 1. The van der Waals surface area contributed by atoms with Crippen LogP contribution in [0.5, 0.6) is 5.75 Å². The minimum Gasteiger partial charge on any atom is -0.496 e. The summed E-state index contributed by atoms with van der Waals surface area (Å²) in [6, 6.07) is 16.1. The predicted molar refractivity (Wildman–Crippen MR) is 142 cm³/mol. The number of rotatable bonds is 10. The lowest BCUT2D eigenvalue weighted by Crippen LogP contribution is -2.48. The van der Waals surface area contributed by atoms with Gasteiger partial charge >= 0.3 is 0 Å². The number of benzene rings is 2. The van der Waals surface area contributed by atoms with E-state index in [0.717, 1.165) is 56.3 Å². The summed E-state index contributed by atoms with van der Waals surface area (Å²) in [5.74, 6) is 2.11. The Morgan fingerprint density at radius 2 is 1.94 bits per heavy atom. The first-order valence-corrected chi connectivity index (χ1v) is 12.5. The molecule has 0 aliphatic carbocycles. The third-order valence-corrected chi connectivity index (χ3v) is 7.04. The Hall–Kier alpha value is -3.16. The first-order valence-electron chi connectivity index (χ1n) is 11.7. The number of amides is 1. The molecule has 3 aromatic rings. The number of piperazine rings is 1. The largest absolute Gasteiger partial charge is 0.496 e. The molecule has 4 rings (SSSR count). The Morgan fingerprint density at radius 3 is 2.74 bits per heavy atom. The van der Waals surface area contributed by atoms with Crippen LogP contribution < -0.4 is 15.0 Å². The van der Waals surface area contributed by atoms with Gasteiger partial charge in [0.25, 0.3) is 0 Å². The van der Waals surface area contributed by atoms with Gasteiger partial charge in [0.2, 0.25) is 5.91 Å². The van der Waals surface area contributed by atoms with E-state index in [1.165, 1.54) is 10.1 Å². The first-order chi connectivity index (χ1) is 16.7. The second kappa shape index (κ2) is 11.8. The molecular formula is C27H32N4O2S. The normalized spacial score (nSPS) is 15.5. The van der Waals surface area contributed by atoms with Gasteiger partial charge < -0.3 is 15.0 Å². The van der Waals surface area contributed by atoms with Gasteiger partial charge in [-0.15, -0.1) is 6.58 Å². The van der Waals surface area contributed by atoms with Gasteiger partial charge in [-0.25, -0.2) is 0 Å². The molecule has 1 aliphatic rings. The Bertz CT molecular complexity index is 1130. The second-order valence-corrected chi connectivity index (χ2v) is 9.25. The molecule has 1 amide bonds. The number of nitrogens with one attached hydrogen (secondary N) is 1. The molecule has 1 fully saturated rings. The minimum atomic E-state index is -0.0992. The van der Waals surface area contributed by atoms with E-state index in [1.54, 1.807) is 30.8 Å². The fourth-order valence-electron chi connectivity index (χ4n) is 4.27. The van der Waals surface area contributed by atoms with Crippen molar-refractivity contribution in [1.29, 1.82) is 0 Å². The van der Waals surface area contributed by atoms with Gasteiger partial charge in [-0.3, -0.25) is 9.69 Å². The van der Waals surface area contributed by atoms with Crippen molar-refractivity contribution in [1.82, 2.24) is 14.6 Å². The summed E-state index contributed by atoms with van der Waals surface area (Å²) in [6.07, 6.45) is 6.22. The summed E-state index contributed by atoms with van der Waals surface area (Å²) < 4.78 is 11.3. The molecule has 0 unspecified atom stereocenters. The van der Waals surface area contributed by atoms with Gasteiger partial charge in [0.15, 0.2) is 0 Å². The van der Waals surface area contributed by atoms with Crippen LogP contribution in [-0.4, -0.2) is 61.6 Å². The van der Waals surface area contributed by atoms with Crippen LogP contribution in [0.25, 0.3) is 16.2 Å². The van der Waals surface area contributed by atoms with Crippen molar-refractivity contribution in [2.75, 3.05) is 51.3 Å². The van der Waals surface area contributed by atoms with Crippen LogP contribution >= 0.6 is 11.5 Å². The van der Waals surface area contributed by atoms with Crippen LogP contribution in [0, 0.1) is 5.92 Å². The van der Waals surface area contributed by atoms with Crippen LogP contribution in [-0.2, 0) is 4.79 Å². The standard InChI is InChI=1S/C27H32N4O2S/c1-3-21(14-15-28-26(32)13-12-22-8-4-6-10-24(22)33-2)20-30-16-18-31(19-17-30)27-23-9-5-7-11-25(23)34-29-27/h3-13,21H,1,14-20H2,2H3,(H,28,32)/b13-12+/t21-/m0/s1. The monoisotopic (exact) mass is 476 g/mol. The maximum atomic E-state index is 12.2. The van der Waals surface area contributed by atoms with E-state index < -0.39 is 0 Å². The van der Waals surface area contributed by atoms with Crippen LogP contribution in [0.4, 0.5) is 5.82 Å². The molecular weight excluding hydrogens is 444 g/mol. The molecule has 1 N–H and O–H groups in total. The number of carbonyl (C=O) groups is 1. The molecule has 1 aromatic heterocycles. The molecule has 1 saturated heterocycles. The third-order valence-electron chi connectivity index (χ3n) is 6.22. The molecule has 2 aromatic carbocycles. The average Bonchev–Trinajstić information content (AvgIpc) is 3.31. The number of aromatic nitrogens is 1. The van der Waals surface area contributed by atoms with E-state index in [2.05, 4.69) is 46.0 Å². The molecule has 0 bridgehead atoms. The Labute approximate surface area is 205 Å². The molecule has 0 saturated carbocycles. The molecule has 7 heteroatoms. The molecule has 0 radical (unpaired) electrons. The lowest BCUT2D eigenvalue weighted by atomic mass is 10.0. The highest BCUT2D eigenvalue weighted by atomic mass is 32.1. The number of methoxy groups -OCH3 is 1. The number of nitrogens with zero attached hydrogens (tertiary/aromatic N) is 3. The van der Waals surface area contributed by atoms with Gasteiger partial charge in [-0.05, 0) is 48.1 Å². The second-order valence-electron chi connectivity index (χ2n) is 8.44. The summed E-state index contributed by atoms with van der Waals surface area (Å²) >= 11 is 1.57. The molecule has 1 atom stereocenters.